The Hall–Kier alpha value is -3.15. The first-order valence-corrected chi connectivity index (χ1v) is 15.1. The van der Waals surface area contributed by atoms with Crippen molar-refractivity contribution in [2.45, 2.75) is 57.6 Å². The average molecular weight is 556 g/mol. The molecule has 1 amide bonds. The van der Waals surface area contributed by atoms with Crippen molar-refractivity contribution in [2.24, 2.45) is 5.92 Å². The minimum atomic E-state index is -0.126. The molecule has 1 aliphatic heterocycles. The lowest BCUT2D eigenvalue weighted by Gasteiger charge is -2.39. The van der Waals surface area contributed by atoms with Crippen LogP contribution in [0.3, 0.4) is 0 Å². The van der Waals surface area contributed by atoms with Crippen molar-refractivity contribution in [3.05, 3.63) is 106 Å². The number of amides is 1. The number of nitrogens with zero attached hydrogens (tertiary/aromatic N) is 2. The predicted octanol–water partition coefficient (Wildman–Crippen LogP) is 8.54. The van der Waals surface area contributed by atoms with Gasteiger partial charge in [-0.15, -0.1) is 0 Å². The van der Waals surface area contributed by atoms with Crippen LogP contribution < -0.4 is 5.32 Å². The molecule has 6 rings (SSSR count). The number of para-hydroxylation sites is 2. The monoisotopic (exact) mass is 555 g/mol. The zero-order valence-electron chi connectivity index (χ0n) is 22.4. The third-order valence-corrected chi connectivity index (χ3v) is 9.60. The van der Waals surface area contributed by atoms with Gasteiger partial charge in [0.1, 0.15) is 0 Å². The van der Waals surface area contributed by atoms with E-state index in [0.29, 0.717) is 5.92 Å². The van der Waals surface area contributed by atoms with Crippen LogP contribution in [0.25, 0.3) is 17.0 Å². The first kappa shape index (κ1) is 26.1. The molecule has 2 heterocycles. The Balaban J connectivity index is 1.39. The first-order chi connectivity index (χ1) is 19.0. The number of benzene rings is 3. The van der Waals surface area contributed by atoms with Gasteiger partial charge in [-0.1, -0.05) is 91.7 Å². The van der Waals surface area contributed by atoms with Crippen molar-refractivity contribution in [2.75, 3.05) is 5.32 Å². The lowest BCUT2D eigenvalue weighted by atomic mass is 9.85. The molecular formula is C33H34ClN3OS. The summed E-state index contributed by atoms with van der Waals surface area (Å²) in [5.74, 6) is 0.631. The van der Waals surface area contributed by atoms with E-state index in [2.05, 4.69) is 83.2 Å². The molecule has 2 fully saturated rings. The Morgan fingerprint density at radius 2 is 1.69 bits per heavy atom. The van der Waals surface area contributed by atoms with Gasteiger partial charge in [-0.3, -0.25) is 4.79 Å². The van der Waals surface area contributed by atoms with Crippen LogP contribution in [0.1, 0.15) is 49.4 Å². The Bertz CT molecular complexity index is 1510. The Morgan fingerprint density at radius 1 is 0.974 bits per heavy atom. The molecule has 4 nitrogen and oxygen atoms in total. The maximum atomic E-state index is 14.1. The number of fused-ring (bicyclic) bond motifs is 1. The normalized spacial score (nSPS) is 22.6. The molecular weight excluding hydrogens is 522 g/mol. The second kappa shape index (κ2) is 11.1. The van der Waals surface area contributed by atoms with Crippen molar-refractivity contribution in [1.29, 1.82) is 0 Å². The van der Waals surface area contributed by atoms with Gasteiger partial charge in [0.05, 0.1) is 4.91 Å². The summed E-state index contributed by atoms with van der Waals surface area (Å²) in [7, 11) is 0. The summed E-state index contributed by atoms with van der Waals surface area (Å²) < 4.78 is 2.34. The summed E-state index contributed by atoms with van der Waals surface area (Å²) in [5, 5.41) is 5.57. The summed E-state index contributed by atoms with van der Waals surface area (Å²) in [5.41, 5.74) is 5.55. The number of carbonyl (C=O) groups is 1. The van der Waals surface area contributed by atoms with Crippen LogP contribution in [0.5, 0.6) is 0 Å². The molecule has 3 atom stereocenters. The van der Waals surface area contributed by atoms with Crippen molar-refractivity contribution in [1.82, 2.24) is 9.47 Å². The molecule has 0 radical (unpaired) electrons. The van der Waals surface area contributed by atoms with Gasteiger partial charge < -0.3 is 14.8 Å². The molecule has 39 heavy (non-hydrogen) atoms. The summed E-state index contributed by atoms with van der Waals surface area (Å²) in [6, 6.07) is 27.0. The van der Waals surface area contributed by atoms with Gasteiger partial charge in [0.25, 0.3) is 5.91 Å². The maximum Gasteiger partial charge on any atom is 0.262 e. The molecule has 200 valence electrons. The van der Waals surface area contributed by atoms with Gasteiger partial charge in [0.2, 0.25) is 0 Å². The summed E-state index contributed by atoms with van der Waals surface area (Å²) in [6.45, 7) is 5.21. The number of nitrogens with one attached hydrogen (secondary N) is 1. The standard InChI is InChI=1S/C33H34ClN3OS/c1-22-10-6-8-14-29(22)37-32(38)31(39-33(37)35-26-11-4-3-5-12-26)20-28-23(2)36(30-15-9-7-13-27(28)30)21-24-16-18-25(34)19-17-24/h3-5,7,9,11-13,15-20,22,29,33,35H,6,8,10,14,21H2,1-2H3/b31-20-/t22-,29+,33?/m0/s1. The highest BCUT2D eigenvalue weighted by molar-refractivity contribution is 8.05. The molecule has 1 saturated carbocycles. The molecule has 1 N–H and O–H groups in total. The van der Waals surface area contributed by atoms with Crippen LogP contribution in [0.15, 0.2) is 83.8 Å². The molecule has 1 aromatic heterocycles. The maximum absolute atomic E-state index is 14.1. The minimum absolute atomic E-state index is 0.126. The van der Waals surface area contributed by atoms with E-state index in [-0.39, 0.29) is 17.4 Å². The van der Waals surface area contributed by atoms with Crippen LogP contribution in [0, 0.1) is 12.8 Å². The van der Waals surface area contributed by atoms with Crippen LogP contribution in [-0.4, -0.2) is 26.9 Å². The lowest BCUT2D eigenvalue weighted by molar-refractivity contribution is -0.129. The van der Waals surface area contributed by atoms with Crippen LogP contribution >= 0.6 is 23.4 Å². The van der Waals surface area contributed by atoms with Gasteiger partial charge in [-0.05, 0) is 67.7 Å². The minimum Gasteiger partial charge on any atom is -0.356 e. The fraction of sp³-hybridized carbons (Fsp3) is 0.303. The zero-order valence-corrected chi connectivity index (χ0v) is 24.0. The van der Waals surface area contributed by atoms with Crippen LogP contribution in [-0.2, 0) is 11.3 Å². The van der Waals surface area contributed by atoms with E-state index in [9.17, 15) is 4.79 Å². The average Bonchev–Trinajstić information content (AvgIpc) is 3.39. The van der Waals surface area contributed by atoms with E-state index >= 15 is 0 Å². The molecule has 0 spiro atoms. The number of anilines is 1. The molecule has 4 aromatic rings. The highest BCUT2D eigenvalue weighted by Crippen LogP contribution is 2.43. The SMILES string of the molecule is Cc1c(/C=C2\SC(Nc3ccccc3)N([C@@H]3CCCC[C@@H]3C)C2=O)c2ccccc2n1Cc1ccc(Cl)cc1. The highest BCUT2D eigenvalue weighted by atomic mass is 35.5. The lowest BCUT2D eigenvalue weighted by Crippen LogP contribution is -2.48. The third kappa shape index (κ3) is 5.22. The summed E-state index contributed by atoms with van der Waals surface area (Å²) in [4.78, 5) is 17.0. The molecule has 3 aromatic carbocycles. The first-order valence-electron chi connectivity index (χ1n) is 13.8. The molecule has 1 saturated heterocycles. The molecule has 0 bridgehead atoms. The van der Waals surface area contributed by atoms with E-state index in [4.69, 9.17) is 11.6 Å². The number of carbonyl (C=O) groups excluding carboxylic acids is 1. The number of hydrogen-bond donors (Lipinski definition) is 1. The Morgan fingerprint density at radius 3 is 2.46 bits per heavy atom. The molecule has 2 aliphatic rings. The number of hydrogen-bond acceptors (Lipinski definition) is 3. The van der Waals surface area contributed by atoms with E-state index in [1.807, 2.05) is 30.3 Å². The topological polar surface area (TPSA) is 37.3 Å². The Labute approximate surface area is 240 Å². The van der Waals surface area contributed by atoms with E-state index in [1.54, 1.807) is 11.8 Å². The van der Waals surface area contributed by atoms with Gasteiger partial charge >= 0.3 is 0 Å². The van der Waals surface area contributed by atoms with Gasteiger partial charge in [0, 0.05) is 45.5 Å². The molecule has 1 unspecified atom stereocenters. The van der Waals surface area contributed by atoms with Crippen LogP contribution in [0.2, 0.25) is 5.02 Å². The van der Waals surface area contributed by atoms with Crippen LogP contribution in [0.4, 0.5) is 5.69 Å². The second-order valence-corrected chi connectivity index (χ2v) is 12.3. The van der Waals surface area contributed by atoms with E-state index in [0.717, 1.165) is 39.8 Å². The fourth-order valence-corrected chi connectivity index (χ4v) is 7.43. The van der Waals surface area contributed by atoms with Crippen molar-refractivity contribution in [3.63, 3.8) is 0 Å². The third-order valence-electron chi connectivity index (χ3n) is 8.23. The van der Waals surface area contributed by atoms with E-state index < -0.39 is 0 Å². The number of aromatic nitrogens is 1. The van der Waals surface area contributed by atoms with Gasteiger partial charge in [-0.25, -0.2) is 0 Å². The second-order valence-electron chi connectivity index (χ2n) is 10.8. The summed E-state index contributed by atoms with van der Waals surface area (Å²) >= 11 is 7.78. The Kier molecular flexibility index (Phi) is 7.46. The zero-order chi connectivity index (χ0) is 26.9. The smallest absolute Gasteiger partial charge is 0.262 e. The quantitative estimate of drug-likeness (QED) is 0.242. The predicted molar refractivity (Wildman–Crippen MR) is 165 cm³/mol. The number of thioether (sulfide) groups is 1. The largest absolute Gasteiger partial charge is 0.356 e. The summed E-state index contributed by atoms with van der Waals surface area (Å²) in [6.07, 6.45) is 6.80. The van der Waals surface area contributed by atoms with Gasteiger partial charge in [0.15, 0.2) is 5.50 Å². The van der Waals surface area contributed by atoms with Gasteiger partial charge in [-0.2, -0.15) is 0 Å². The van der Waals surface area contributed by atoms with E-state index in [1.165, 1.54) is 35.7 Å². The van der Waals surface area contributed by atoms with Crippen molar-refractivity contribution >= 4 is 51.9 Å². The molecule has 1 aliphatic carbocycles. The fourth-order valence-electron chi connectivity index (χ4n) is 6.11. The number of halogens is 1. The van der Waals surface area contributed by atoms with Crippen molar-refractivity contribution in [3.8, 4) is 0 Å². The number of rotatable bonds is 6. The molecule has 6 heteroatoms. The highest BCUT2D eigenvalue weighted by Gasteiger charge is 2.43. The van der Waals surface area contributed by atoms with Crippen molar-refractivity contribution < 1.29 is 4.79 Å².